The molecule has 9 nitrogen and oxygen atoms in total. The van der Waals surface area contributed by atoms with Crippen LogP contribution in [0, 0.1) is 19.7 Å². The molecular formula is C30H37FN4O5. The van der Waals surface area contributed by atoms with Crippen LogP contribution in [-0.2, 0) is 24.4 Å². The molecule has 4 aromatic rings. The summed E-state index contributed by atoms with van der Waals surface area (Å²) in [6, 6.07) is 11.3. The Kier molecular flexibility index (Phi) is 9.17. The van der Waals surface area contributed by atoms with Gasteiger partial charge in [-0.3, -0.25) is 23.3 Å². The minimum Gasteiger partial charge on any atom is -0.380 e. The summed E-state index contributed by atoms with van der Waals surface area (Å²) in [5.74, 6) is -0.495. The number of fused-ring (bicyclic) bond motifs is 1. The molecule has 3 heterocycles. The highest BCUT2D eigenvalue weighted by atomic mass is 19.1. The van der Waals surface area contributed by atoms with Crippen molar-refractivity contribution < 1.29 is 14.2 Å². The van der Waals surface area contributed by atoms with Gasteiger partial charge in [0.2, 0.25) is 0 Å². The first-order valence-corrected chi connectivity index (χ1v) is 13.3. The van der Waals surface area contributed by atoms with Gasteiger partial charge in [-0.15, -0.1) is 0 Å². The van der Waals surface area contributed by atoms with Crippen molar-refractivity contribution in [3.8, 4) is 5.69 Å². The van der Waals surface area contributed by atoms with Crippen LogP contribution in [0.15, 0.2) is 56.8 Å². The third-order valence-electron chi connectivity index (χ3n) is 6.71. The molecule has 0 amide bonds. The van der Waals surface area contributed by atoms with Gasteiger partial charge in [0.05, 0.1) is 30.1 Å². The molecule has 0 atom stereocenters. The number of aliphatic hydroxyl groups is 1. The average molecular weight is 553 g/mol. The molecule has 0 saturated carbocycles. The lowest BCUT2D eigenvalue weighted by molar-refractivity contribution is -0.184. The number of nitrogens with one attached hydrogen (secondary N) is 1. The molecule has 0 spiro atoms. The number of rotatable bonds is 4. The number of aryl methyl sites for hydroxylation is 2. The normalized spacial score (nSPS) is 13.4. The monoisotopic (exact) mass is 552 g/mol. The summed E-state index contributed by atoms with van der Waals surface area (Å²) < 4.78 is 23.3. The lowest BCUT2D eigenvalue weighted by atomic mass is 9.92. The van der Waals surface area contributed by atoms with Crippen LogP contribution in [-0.4, -0.2) is 32.0 Å². The van der Waals surface area contributed by atoms with E-state index in [-0.39, 0.29) is 41.2 Å². The first kappa shape index (κ1) is 30.5. The third kappa shape index (κ3) is 5.12. The van der Waals surface area contributed by atoms with Crippen molar-refractivity contribution in [2.45, 2.75) is 47.1 Å². The SMILES string of the molecule is CC.CC.Cc1ccc(Nc2c3c(=O)n(C)c(=O)n(-c4cccc(C5(O)COC5)c4)c3c(C)c(=O)n2C)c(F)c1. The maximum absolute atomic E-state index is 14.7. The van der Waals surface area contributed by atoms with Crippen molar-refractivity contribution >= 4 is 22.4 Å². The lowest BCUT2D eigenvalue weighted by Gasteiger charge is -2.37. The first-order valence-electron chi connectivity index (χ1n) is 13.3. The van der Waals surface area contributed by atoms with Crippen LogP contribution in [0.3, 0.4) is 0 Å². The lowest BCUT2D eigenvalue weighted by Crippen LogP contribution is -2.46. The van der Waals surface area contributed by atoms with Crippen LogP contribution in [0.4, 0.5) is 15.9 Å². The second-order valence-electron chi connectivity index (χ2n) is 9.23. The molecule has 1 aliphatic rings. The van der Waals surface area contributed by atoms with Gasteiger partial charge < -0.3 is 15.2 Å². The second kappa shape index (κ2) is 12.0. The number of anilines is 2. The van der Waals surface area contributed by atoms with Crippen molar-refractivity contribution in [2.24, 2.45) is 14.1 Å². The standard InChI is InChI=1S/C26H25FN4O5.2C2H6/c1-14-8-9-19(18(27)10-14)28-22-20-21(15(2)23(32)29(22)3)31(25(34)30(4)24(20)33)17-7-5-6-16(11-17)26(35)12-36-13-26;2*1-2/h5-11,28,35H,12-13H2,1-4H3;2*1-2H3. The van der Waals surface area contributed by atoms with Gasteiger partial charge in [-0.25, -0.2) is 9.18 Å². The highest BCUT2D eigenvalue weighted by molar-refractivity contribution is 5.93. The number of benzene rings is 2. The summed E-state index contributed by atoms with van der Waals surface area (Å²) >= 11 is 0. The van der Waals surface area contributed by atoms with Gasteiger partial charge in [-0.1, -0.05) is 45.9 Å². The molecule has 10 heteroatoms. The number of halogens is 1. The maximum atomic E-state index is 14.7. The Morgan fingerprint density at radius 3 is 2.15 bits per heavy atom. The minimum atomic E-state index is -1.18. The van der Waals surface area contributed by atoms with Gasteiger partial charge >= 0.3 is 5.69 Å². The van der Waals surface area contributed by atoms with Crippen molar-refractivity contribution in [3.05, 3.63) is 96.2 Å². The molecule has 0 unspecified atom stereocenters. The van der Waals surface area contributed by atoms with E-state index in [1.165, 1.54) is 42.3 Å². The van der Waals surface area contributed by atoms with Crippen LogP contribution < -0.4 is 22.1 Å². The summed E-state index contributed by atoms with van der Waals surface area (Å²) in [6.07, 6.45) is 0. The maximum Gasteiger partial charge on any atom is 0.335 e. The Hall–Kier alpha value is -4.02. The van der Waals surface area contributed by atoms with E-state index in [9.17, 15) is 23.9 Å². The van der Waals surface area contributed by atoms with Crippen molar-refractivity contribution in [1.29, 1.82) is 0 Å². The molecule has 0 bridgehead atoms. The Morgan fingerprint density at radius 1 is 0.925 bits per heavy atom. The highest BCUT2D eigenvalue weighted by Crippen LogP contribution is 2.31. The molecule has 1 aliphatic heterocycles. The molecule has 40 heavy (non-hydrogen) atoms. The predicted octanol–water partition coefficient (Wildman–Crippen LogP) is 4.16. The predicted molar refractivity (Wildman–Crippen MR) is 157 cm³/mol. The van der Waals surface area contributed by atoms with E-state index in [1.807, 2.05) is 27.7 Å². The van der Waals surface area contributed by atoms with Crippen LogP contribution in [0.1, 0.15) is 44.4 Å². The molecule has 1 saturated heterocycles. The fourth-order valence-electron chi connectivity index (χ4n) is 4.54. The molecule has 2 aromatic carbocycles. The molecular weight excluding hydrogens is 515 g/mol. The van der Waals surface area contributed by atoms with Gasteiger partial charge in [0.15, 0.2) is 0 Å². The molecule has 2 aromatic heterocycles. The van der Waals surface area contributed by atoms with E-state index in [2.05, 4.69) is 5.32 Å². The molecule has 0 aliphatic carbocycles. The van der Waals surface area contributed by atoms with Gasteiger partial charge in [0.25, 0.3) is 11.1 Å². The fraction of sp³-hybridized carbons (Fsp3) is 0.367. The Morgan fingerprint density at radius 2 is 1.57 bits per heavy atom. The van der Waals surface area contributed by atoms with Crippen LogP contribution >= 0.6 is 0 Å². The zero-order valence-electron chi connectivity index (χ0n) is 24.3. The van der Waals surface area contributed by atoms with E-state index in [4.69, 9.17) is 4.74 Å². The molecule has 2 N–H and O–H groups in total. The van der Waals surface area contributed by atoms with E-state index >= 15 is 0 Å². The Balaban J connectivity index is 0.00000106. The fourth-order valence-corrected chi connectivity index (χ4v) is 4.54. The molecule has 214 valence electrons. The van der Waals surface area contributed by atoms with Gasteiger partial charge in [-0.2, -0.15) is 0 Å². The largest absolute Gasteiger partial charge is 0.380 e. The summed E-state index contributed by atoms with van der Waals surface area (Å²) in [5, 5.41) is 13.7. The van der Waals surface area contributed by atoms with Crippen LogP contribution in [0.25, 0.3) is 16.6 Å². The number of hydrogen-bond acceptors (Lipinski definition) is 6. The van der Waals surface area contributed by atoms with E-state index in [0.29, 0.717) is 16.8 Å². The highest BCUT2D eigenvalue weighted by Gasteiger charge is 2.38. The number of pyridine rings is 1. The quantitative estimate of drug-likeness (QED) is 0.394. The first-order chi connectivity index (χ1) is 19.0. The van der Waals surface area contributed by atoms with E-state index in [1.54, 1.807) is 37.3 Å². The van der Waals surface area contributed by atoms with E-state index < -0.39 is 28.2 Å². The number of hydrogen-bond donors (Lipinski definition) is 2. The van der Waals surface area contributed by atoms with Crippen LogP contribution in [0.2, 0.25) is 0 Å². The summed E-state index contributed by atoms with van der Waals surface area (Å²) in [6.45, 7) is 11.5. The average Bonchev–Trinajstić information content (AvgIpc) is 2.95. The second-order valence-corrected chi connectivity index (χ2v) is 9.23. The Bertz CT molecular complexity index is 1730. The number of nitrogens with zero attached hydrogens (tertiary/aromatic N) is 3. The zero-order valence-corrected chi connectivity index (χ0v) is 24.3. The molecule has 0 radical (unpaired) electrons. The summed E-state index contributed by atoms with van der Waals surface area (Å²) in [4.78, 5) is 40.1. The molecule has 1 fully saturated rings. The minimum absolute atomic E-state index is 0.0489. The number of aromatic nitrogens is 3. The topological polar surface area (TPSA) is 107 Å². The summed E-state index contributed by atoms with van der Waals surface area (Å²) in [5.41, 5.74) is -0.962. The number of ether oxygens (including phenoxy) is 1. The molecule has 5 rings (SSSR count). The van der Waals surface area contributed by atoms with Crippen LogP contribution in [0.5, 0.6) is 0 Å². The van der Waals surface area contributed by atoms with Crippen molar-refractivity contribution in [2.75, 3.05) is 18.5 Å². The van der Waals surface area contributed by atoms with Crippen molar-refractivity contribution in [1.82, 2.24) is 13.7 Å². The van der Waals surface area contributed by atoms with Gasteiger partial charge in [-0.05, 0) is 49.2 Å². The Labute approximate surface area is 232 Å². The van der Waals surface area contributed by atoms with Gasteiger partial charge in [0.1, 0.15) is 22.6 Å². The van der Waals surface area contributed by atoms with Crippen molar-refractivity contribution in [3.63, 3.8) is 0 Å². The third-order valence-corrected chi connectivity index (χ3v) is 6.71. The smallest absolute Gasteiger partial charge is 0.335 e. The van der Waals surface area contributed by atoms with Gasteiger partial charge in [0, 0.05) is 19.7 Å². The van der Waals surface area contributed by atoms with E-state index in [0.717, 1.165) is 4.57 Å². The summed E-state index contributed by atoms with van der Waals surface area (Å²) in [7, 11) is 2.82. The zero-order chi connectivity index (χ0) is 29.9.